The molecule has 0 aromatic carbocycles. The number of nitrogens with zero attached hydrogens (tertiary/aromatic N) is 1. The summed E-state index contributed by atoms with van der Waals surface area (Å²) < 4.78 is 4.53. The molecule has 0 atom stereocenters. The number of hydrogen-bond donors (Lipinski definition) is 0. The minimum Gasteiger partial charge on any atom is -0.461 e. The summed E-state index contributed by atoms with van der Waals surface area (Å²) in [5, 5.41) is 0. The highest BCUT2D eigenvalue weighted by Gasteiger charge is 1.92. The fraction of sp³-hybridized carbons (Fsp3) is 0.250. The fourth-order valence-electron chi connectivity index (χ4n) is 0.799. The maximum atomic E-state index is 9.81. The minimum absolute atomic E-state index is 0.255. The van der Waals surface area contributed by atoms with E-state index in [-0.39, 0.29) is 6.61 Å². The molecule has 0 unspecified atom stereocenters. The Morgan fingerprint density at radius 2 is 2.45 bits per heavy atom. The van der Waals surface area contributed by atoms with Crippen LogP contribution in [0.25, 0.3) is 0 Å². The van der Waals surface area contributed by atoms with Crippen molar-refractivity contribution >= 4 is 6.47 Å². The van der Waals surface area contributed by atoms with Crippen LogP contribution in [0.5, 0.6) is 0 Å². The highest BCUT2D eigenvalue weighted by Crippen LogP contribution is 1.98. The molecule has 3 nitrogen and oxygen atoms in total. The number of carbonyl (C=O) groups is 1. The Bertz CT molecular complexity index is 248. The van der Waals surface area contributed by atoms with Crippen molar-refractivity contribution in [2.75, 3.05) is 0 Å². The molecule has 0 spiro atoms. The van der Waals surface area contributed by atoms with E-state index in [4.69, 9.17) is 0 Å². The first kappa shape index (κ1) is 7.72. The summed E-state index contributed by atoms with van der Waals surface area (Å²) >= 11 is 0. The predicted molar refractivity (Wildman–Crippen MR) is 39.8 cm³/mol. The van der Waals surface area contributed by atoms with Crippen LogP contribution in [0.4, 0.5) is 0 Å². The Labute approximate surface area is 65.0 Å². The van der Waals surface area contributed by atoms with Crippen molar-refractivity contribution in [3.05, 3.63) is 29.6 Å². The third-order valence-electron chi connectivity index (χ3n) is 1.25. The van der Waals surface area contributed by atoms with Gasteiger partial charge in [-0.05, 0) is 19.1 Å². The van der Waals surface area contributed by atoms with Crippen LogP contribution in [0.2, 0.25) is 0 Å². The zero-order valence-electron chi connectivity index (χ0n) is 6.28. The number of rotatable bonds is 3. The molecule has 0 N–H and O–H groups in total. The van der Waals surface area contributed by atoms with E-state index in [0.717, 1.165) is 11.4 Å². The van der Waals surface area contributed by atoms with Crippen LogP contribution in [0.1, 0.15) is 11.4 Å². The summed E-state index contributed by atoms with van der Waals surface area (Å²) in [6.45, 7) is 2.57. The Morgan fingerprint density at radius 3 is 3.09 bits per heavy atom. The molecule has 11 heavy (non-hydrogen) atoms. The van der Waals surface area contributed by atoms with E-state index < -0.39 is 0 Å². The van der Waals surface area contributed by atoms with E-state index in [9.17, 15) is 4.79 Å². The smallest absolute Gasteiger partial charge is 0.293 e. The number of hydrogen-bond acceptors (Lipinski definition) is 3. The monoisotopic (exact) mass is 151 g/mol. The average molecular weight is 151 g/mol. The van der Waals surface area contributed by atoms with E-state index in [1.54, 1.807) is 0 Å². The minimum atomic E-state index is 0.255. The van der Waals surface area contributed by atoms with Gasteiger partial charge in [-0.3, -0.25) is 9.78 Å². The van der Waals surface area contributed by atoms with Crippen molar-refractivity contribution in [3.63, 3.8) is 0 Å². The van der Waals surface area contributed by atoms with Gasteiger partial charge in [0.1, 0.15) is 6.61 Å². The van der Waals surface area contributed by atoms with E-state index in [1.807, 2.05) is 25.1 Å². The van der Waals surface area contributed by atoms with Crippen molar-refractivity contribution < 1.29 is 9.53 Å². The van der Waals surface area contributed by atoms with Gasteiger partial charge >= 0.3 is 0 Å². The summed E-state index contributed by atoms with van der Waals surface area (Å²) in [5.74, 6) is 0. The molecular weight excluding hydrogens is 142 g/mol. The lowest BCUT2D eigenvalue weighted by Gasteiger charge is -1.98. The standard InChI is InChI=1S/C8H9NO2/c1-7-3-2-4-8(9-7)5-11-6-10/h2-4,6H,5H2,1H3. The molecule has 0 aliphatic heterocycles. The van der Waals surface area contributed by atoms with Crippen LogP contribution in [0.3, 0.4) is 0 Å². The van der Waals surface area contributed by atoms with Crippen LogP contribution in [0.15, 0.2) is 18.2 Å². The fourth-order valence-corrected chi connectivity index (χ4v) is 0.799. The number of aromatic nitrogens is 1. The number of ether oxygens (including phenoxy) is 1. The third-order valence-corrected chi connectivity index (χ3v) is 1.25. The van der Waals surface area contributed by atoms with Crippen LogP contribution >= 0.6 is 0 Å². The Kier molecular flexibility index (Phi) is 2.60. The molecule has 1 rings (SSSR count). The molecule has 0 saturated carbocycles. The number of carbonyl (C=O) groups excluding carboxylic acids is 1. The van der Waals surface area contributed by atoms with Crippen molar-refractivity contribution in [2.45, 2.75) is 13.5 Å². The Balaban J connectivity index is 2.63. The Hall–Kier alpha value is -1.38. The van der Waals surface area contributed by atoms with Gasteiger partial charge in [-0.25, -0.2) is 0 Å². The first-order valence-corrected chi connectivity index (χ1v) is 3.30. The molecule has 0 saturated heterocycles. The number of pyridine rings is 1. The van der Waals surface area contributed by atoms with Gasteiger partial charge in [0.2, 0.25) is 0 Å². The van der Waals surface area contributed by atoms with Gasteiger partial charge < -0.3 is 4.74 Å². The van der Waals surface area contributed by atoms with Gasteiger partial charge in [0.05, 0.1) is 5.69 Å². The summed E-state index contributed by atoms with van der Waals surface area (Å²) in [6, 6.07) is 5.59. The lowest BCUT2D eigenvalue weighted by molar-refractivity contribution is -0.129. The average Bonchev–Trinajstić information content (AvgIpc) is 2.01. The topological polar surface area (TPSA) is 39.2 Å². The molecule has 1 heterocycles. The maximum absolute atomic E-state index is 9.81. The summed E-state index contributed by atoms with van der Waals surface area (Å²) in [6.07, 6.45) is 0. The van der Waals surface area contributed by atoms with E-state index in [1.165, 1.54) is 0 Å². The van der Waals surface area contributed by atoms with Crippen molar-refractivity contribution in [1.29, 1.82) is 0 Å². The zero-order chi connectivity index (χ0) is 8.10. The normalized spacial score (nSPS) is 9.18. The van der Waals surface area contributed by atoms with Gasteiger partial charge in [-0.15, -0.1) is 0 Å². The Morgan fingerprint density at radius 1 is 1.64 bits per heavy atom. The molecule has 0 radical (unpaired) electrons. The predicted octanol–water partition coefficient (Wildman–Crippen LogP) is 1.06. The molecule has 1 aromatic heterocycles. The largest absolute Gasteiger partial charge is 0.461 e. The maximum Gasteiger partial charge on any atom is 0.293 e. The molecule has 58 valence electrons. The lowest BCUT2D eigenvalue weighted by Crippen LogP contribution is -1.94. The summed E-state index contributed by atoms with van der Waals surface area (Å²) in [5.41, 5.74) is 1.70. The molecule has 0 fully saturated rings. The van der Waals surface area contributed by atoms with Crippen molar-refractivity contribution in [1.82, 2.24) is 4.98 Å². The zero-order valence-corrected chi connectivity index (χ0v) is 6.28. The van der Waals surface area contributed by atoms with Gasteiger partial charge in [0.25, 0.3) is 6.47 Å². The third kappa shape index (κ3) is 2.37. The molecule has 0 aliphatic rings. The SMILES string of the molecule is Cc1cccc(COC=O)n1. The first-order valence-electron chi connectivity index (χ1n) is 3.30. The lowest BCUT2D eigenvalue weighted by atomic mass is 10.3. The highest BCUT2D eigenvalue weighted by atomic mass is 16.5. The molecule has 3 heteroatoms. The van der Waals surface area contributed by atoms with Crippen molar-refractivity contribution in [3.8, 4) is 0 Å². The van der Waals surface area contributed by atoms with Crippen LogP contribution in [-0.2, 0) is 16.1 Å². The van der Waals surface area contributed by atoms with Gasteiger partial charge in [-0.1, -0.05) is 6.07 Å². The van der Waals surface area contributed by atoms with Crippen LogP contribution in [-0.4, -0.2) is 11.5 Å². The summed E-state index contributed by atoms with van der Waals surface area (Å²) in [7, 11) is 0. The quantitative estimate of drug-likeness (QED) is 0.606. The van der Waals surface area contributed by atoms with E-state index in [0.29, 0.717) is 6.47 Å². The van der Waals surface area contributed by atoms with Gasteiger partial charge in [0.15, 0.2) is 0 Å². The van der Waals surface area contributed by atoms with E-state index >= 15 is 0 Å². The second-order valence-electron chi connectivity index (χ2n) is 2.18. The number of aryl methyl sites for hydroxylation is 1. The molecular formula is C8H9NO2. The van der Waals surface area contributed by atoms with E-state index in [2.05, 4.69) is 9.72 Å². The van der Waals surface area contributed by atoms with Gasteiger partial charge in [-0.2, -0.15) is 0 Å². The molecule has 1 aromatic rings. The highest BCUT2D eigenvalue weighted by molar-refractivity contribution is 5.37. The molecule has 0 amide bonds. The summed E-state index contributed by atoms with van der Waals surface area (Å²) in [4.78, 5) is 13.9. The second-order valence-corrected chi connectivity index (χ2v) is 2.18. The first-order chi connectivity index (χ1) is 5.33. The second kappa shape index (κ2) is 3.71. The van der Waals surface area contributed by atoms with Crippen LogP contribution in [0, 0.1) is 6.92 Å². The van der Waals surface area contributed by atoms with Gasteiger partial charge in [0, 0.05) is 5.69 Å². The van der Waals surface area contributed by atoms with Crippen LogP contribution < -0.4 is 0 Å². The molecule has 0 bridgehead atoms. The van der Waals surface area contributed by atoms with Crippen molar-refractivity contribution in [2.24, 2.45) is 0 Å². The molecule has 0 aliphatic carbocycles.